The molecule has 0 spiro atoms. The quantitative estimate of drug-likeness (QED) is 0.182. The summed E-state index contributed by atoms with van der Waals surface area (Å²) in [6.45, 7) is 0.685. The van der Waals surface area contributed by atoms with Gasteiger partial charge in [-0.2, -0.15) is 22.0 Å². The predicted molar refractivity (Wildman–Crippen MR) is 146 cm³/mol. The van der Waals surface area contributed by atoms with Gasteiger partial charge in [-0.3, -0.25) is 19.2 Å². The average Bonchev–Trinajstić information content (AvgIpc) is 2.90. The molecule has 0 fully saturated rings. The molecule has 2 amide bonds. The SMILES string of the molecule is CC(C)[C@H](CC(=O)[C@H](Cc1ccc(F)c(F)c1)NC(=O)COc1cc(Cl)cc(Cl)c1)C(=O)C(F)(F)C(=O)NCCC(F)(F)F. The summed E-state index contributed by atoms with van der Waals surface area (Å²) in [5, 5.41) is 4.05. The summed E-state index contributed by atoms with van der Waals surface area (Å²) in [5.74, 6) is -16.2. The molecule has 0 aliphatic carbocycles. The summed E-state index contributed by atoms with van der Waals surface area (Å²) in [6, 6.07) is 5.12. The van der Waals surface area contributed by atoms with Gasteiger partial charge in [0.25, 0.3) is 11.8 Å². The average molecular weight is 675 g/mol. The van der Waals surface area contributed by atoms with Crippen LogP contribution in [0.3, 0.4) is 0 Å². The van der Waals surface area contributed by atoms with Crippen molar-refractivity contribution in [1.82, 2.24) is 10.6 Å². The Morgan fingerprint density at radius 2 is 1.52 bits per heavy atom. The predicted octanol–water partition coefficient (Wildman–Crippen LogP) is 5.88. The molecule has 7 nitrogen and oxygen atoms in total. The molecule has 2 rings (SSSR count). The molecule has 0 aliphatic rings. The van der Waals surface area contributed by atoms with Gasteiger partial charge in [0.2, 0.25) is 5.78 Å². The fourth-order valence-electron chi connectivity index (χ4n) is 3.91. The van der Waals surface area contributed by atoms with Crippen molar-refractivity contribution in [3.05, 3.63) is 63.6 Å². The molecule has 16 heteroatoms. The third-order valence-electron chi connectivity index (χ3n) is 6.20. The van der Waals surface area contributed by atoms with Crippen LogP contribution in [0, 0.1) is 23.5 Å². The molecule has 0 unspecified atom stereocenters. The minimum Gasteiger partial charge on any atom is -0.484 e. The topological polar surface area (TPSA) is 102 Å². The van der Waals surface area contributed by atoms with Gasteiger partial charge in [-0.05, 0) is 48.2 Å². The van der Waals surface area contributed by atoms with Crippen LogP contribution in [0.25, 0.3) is 0 Å². The van der Waals surface area contributed by atoms with Crippen molar-refractivity contribution in [2.75, 3.05) is 13.2 Å². The van der Waals surface area contributed by atoms with Crippen LogP contribution in [0.1, 0.15) is 32.3 Å². The number of rotatable bonds is 15. The summed E-state index contributed by atoms with van der Waals surface area (Å²) in [5.41, 5.74) is 0.0203. The normalized spacial score (nSPS) is 13.3. The van der Waals surface area contributed by atoms with E-state index in [-0.39, 0.29) is 21.4 Å². The molecule has 0 aromatic heterocycles. The van der Waals surface area contributed by atoms with E-state index in [1.54, 1.807) is 0 Å². The number of Topliss-reactive ketones (excluding diaryl/α,β-unsaturated/α-hetero) is 2. The summed E-state index contributed by atoms with van der Waals surface area (Å²) in [4.78, 5) is 50.7. The number of carbonyl (C=O) groups is 4. The van der Waals surface area contributed by atoms with Gasteiger partial charge < -0.3 is 15.4 Å². The number of carbonyl (C=O) groups excluding carboxylic acids is 4. The second kappa shape index (κ2) is 15.6. The number of ketones is 2. The Morgan fingerprint density at radius 1 is 0.909 bits per heavy atom. The first kappa shape index (κ1) is 36.8. The Hall–Kier alpha value is -3.39. The number of hydrogen-bond acceptors (Lipinski definition) is 5. The Bertz CT molecular complexity index is 1350. The monoisotopic (exact) mass is 674 g/mol. The van der Waals surface area contributed by atoms with Crippen molar-refractivity contribution in [2.45, 2.75) is 51.3 Å². The van der Waals surface area contributed by atoms with Crippen LogP contribution in [0.5, 0.6) is 5.75 Å². The number of nitrogens with one attached hydrogen (secondary N) is 2. The van der Waals surface area contributed by atoms with Crippen LogP contribution >= 0.6 is 23.2 Å². The highest BCUT2D eigenvalue weighted by molar-refractivity contribution is 6.34. The van der Waals surface area contributed by atoms with Gasteiger partial charge in [0.05, 0.1) is 12.5 Å². The molecule has 44 heavy (non-hydrogen) atoms. The zero-order valence-electron chi connectivity index (χ0n) is 23.2. The number of benzene rings is 2. The van der Waals surface area contributed by atoms with Crippen LogP contribution in [0.15, 0.2) is 36.4 Å². The number of ether oxygens (including phenoxy) is 1. The van der Waals surface area contributed by atoms with Gasteiger partial charge in [0.1, 0.15) is 5.75 Å². The van der Waals surface area contributed by atoms with E-state index in [9.17, 15) is 49.9 Å². The molecule has 2 aromatic carbocycles. The molecular weight excluding hydrogens is 648 g/mol. The van der Waals surface area contributed by atoms with Gasteiger partial charge >= 0.3 is 12.1 Å². The van der Waals surface area contributed by atoms with E-state index in [1.807, 2.05) is 0 Å². The van der Waals surface area contributed by atoms with E-state index in [2.05, 4.69) is 5.32 Å². The molecule has 0 saturated heterocycles. The fraction of sp³-hybridized carbons (Fsp3) is 0.429. The smallest absolute Gasteiger partial charge is 0.390 e. The van der Waals surface area contributed by atoms with Gasteiger partial charge in [0.15, 0.2) is 24.0 Å². The minimum atomic E-state index is -4.79. The first-order chi connectivity index (χ1) is 20.3. The number of hydrogen-bond donors (Lipinski definition) is 2. The highest BCUT2D eigenvalue weighted by Crippen LogP contribution is 2.29. The minimum absolute atomic E-state index is 0.0203. The van der Waals surface area contributed by atoms with Crippen LogP contribution in [-0.4, -0.2) is 54.7 Å². The third kappa shape index (κ3) is 11.3. The first-order valence-corrected chi connectivity index (χ1v) is 13.7. The molecular formula is C28H27Cl2F7N2O5. The van der Waals surface area contributed by atoms with E-state index in [0.717, 1.165) is 18.2 Å². The Labute approximate surface area is 257 Å². The Balaban J connectivity index is 2.24. The van der Waals surface area contributed by atoms with Gasteiger partial charge in [-0.15, -0.1) is 0 Å². The summed E-state index contributed by atoms with van der Waals surface area (Å²) < 4.78 is 99.0. The van der Waals surface area contributed by atoms with Gasteiger partial charge in [-0.1, -0.05) is 43.1 Å². The second-order valence-corrected chi connectivity index (χ2v) is 10.9. The lowest BCUT2D eigenvalue weighted by Gasteiger charge is -2.26. The van der Waals surface area contributed by atoms with E-state index in [4.69, 9.17) is 27.9 Å². The fourth-order valence-corrected chi connectivity index (χ4v) is 4.41. The van der Waals surface area contributed by atoms with Crippen molar-refractivity contribution < 1.29 is 54.6 Å². The molecule has 2 aromatic rings. The highest BCUT2D eigenvalue weighted by Gasteiger charge is 2.51. The molecule has 2 N–H and O–H groups in total. The van der Waals surface area contributed by atoms with Crippen molar-refractivity contribution >= 4 is 46.6 Å². The number of halogens is 9. The van der Waals surface area contributed by atoms with Crippen LogP contribution in [0.2, 0.25) is 10.0 Å². The van der Waals surface area contributed by atoms with Crippen LogP contribution < -0.4 is 15.4 Å². The first-order valence-electron chi connectivity index (χ1n) is 12.9. The second-order valence-electron chi connectivity index (χ2n) is 10.0. The van der Waals surface area contributed by atoms with Crippen molar-refractivity contribution in [1.29, 1.82) is 0 Å². The molecule has 0 saturated carbocycles. The van der Waals surface area contributed by atoms with Gasteiger partial charge in [-0.25, -0.2) is 8.78 Å². The van der Waals surface area contributed by atoms with Crippen molar-refractivity contribution in [2.24, 2.45) is 11.8 Å². The van der Waals surface area contributed by atoms with Gasteiger partial charge in [0, 0.05) is 28.9 Å². The summed E-state index contributed by atoms with van der Waals surface area (Å²) in [6.07, 6.45) is -7.77. The largest absolute Gasteiger partial charge is 0.484 e. The molecule has 242 valence electrons. The molecule has 0 radical (unpaired) electrons. The van der Waals surface area contributed by atoms with E-state index in [1.165, 1.54) is 37.4 Å². The summed E-state index contributed by atoms with van der Waals surface area (Å²) >= 11 is 11.8. The van der Waals surface area contributed by atoms with Crippen molar-refractivity contribution in [3.63, 3.8) is 0 Å². The maximum absolute atomic E-state index is 14.7. The zero-order chi connectivity index (χ0) is 33.4. The van der Waals surface area contributed by atoms with E-state index in [0.29, 0.717) is 0 Å². The highest BCUT2D eigenvalue weighted by atomic mass is 35.5. The van der Waals surface area contributed by atoms with E-state index < -0.39 is 97.4 Å². The number of alkyl halides is 5. The summed E-state index contributed by atoms with van der Waals surface area (Å²) in [7, 11) is 0. The maximum Gasteiger partial charge on any atom is 0.390 e. The lowest BCUT2D eigenvalue weighted by atomic mass is 9.82. The molecule has 0 aliphatic heterocycles. The Kier molecular flexibility index (Phi) is 13.0. The lowest BCUT2D eigenvalue weighted by Crippen LogP contribution is -2.51. The molecule has 2 atom stereocenters. The third-order valence-corrected chi connectivity index (χ3v) is 6.64. The lowest BCUT2D eigenvalue weighted by molar-refractivity contribution is -0.163. The Morgan fingerprint density at radius 3 is 2.07 bits per heavy atom. The van der Waals surface area contributed by atoms with Crippen LogP contribution in [-0.2, 0) is 25.6 Å². The standard InChI is InChI=1S/C28H27Cl2F7N2O5/c1-14(2)19(25(42)28(36,37)26(43)38-6-5-27(33,34)35)12-23(40)22(8-15-3-4-20(31)21(32)7-15)39-24(41)13-44-18-10-16(29)9-17(30)11-18/h3-4,7,9-11,14,19,22H,5-6,8,12-13H2,1-2H3,(H,38,43)(H,39,41)/t19-,22-/m0/s1. The maximum atomic E-state index is 14.7. The van der Waals surface area contributed by atoms with E-state index >= 15 is 0 Å². The zero-order valence-corrected chi connectivity index (χ0v) is 24.7. The van der Waals surface area contributed by atoms with Crippen molar-refractivity contribution in [3.8, 4) is 5.75 Å². The number of amides is 2. The van der Waals surface area contributed by atoms with Crippen LogP contribution in [0.4, 0.5) is 30.7 Å². The molecule has 0 heterocycles. The molecule has 0 bridgehead atoms.